The van der Waals surface area contributed by atoms with Gasteiger partial charge in [-0.25, -0.2) is 9.36 Å². The van der Waals surface area contributed by atoms with Gasteiger partial charge in [-0.1, -0.05) is 30.3 Å². The van der Waals surface area contributed by atoms with Crippen LogP contribution in [-0.4, -0.2) is 127 Å². The largest absolute Gasteiger partial charge is 0.508 e. The second-order valence-electron chi connectivity index (χ2n) is 11.3. The van der Waals surface area contributed by atoms with Crippen LogP contribution >= 0.6 is 20.0 Å². The summed E-state index contributed by atoms with van der Waals surface area (Å²) in [6.07, 6.45) is -6.25. The van der Waals surface area contributed by atoms with Crippen molar-refractivity contribution in [1.82, 2.24) is 16.0 Å². The Morgan fingerprint density at radius 2 is 1.79 bits per heavy atom. The molecule has 2 fully saturated rings. The van der Waals surface area contributed by atoms with E-state index in [1.807, 2.05) is 18.2 Å². The van der Waals surface area contributed by atoms with Gasteiger partial charge in [-0.3, -0.25) is 13.8 Å². The van der Waals surface area contributed by atoms with Gasteiger partial charge in [0.15, 0.2) is 11.4 Å². The predicted molar refractivity (Wildman–Crippen MR) is 171 cm³/mol. The Labute approximate surface area is 284 Å². The molecule has 10 atom stereocenters. The first-order chi connectivity index (χ1) is 22.9. The number of rotatable bonds is 17. The Morgan fingerprint density at radius 3 is 2.44 bits per heavy atom. The van der Waals surface area contributed by atoms with Crippen LogP contribution in [0.15, 0.2) is 30.3 Å². The summed E-state index contributed by atoms with van der Waals surface area (Å²) >= 11 is 5.46. The summed E-state index contributed by atoms with van der Waals surface area (Å²) in [6, 6.07) is 7.53. The smallest absolute Gasteiger partial charge is 0.434 e. The molecule has 0 spiro atoms. The maximum Gasteiger partial charge on any atom is 0.508 e. The molecule has 272 valence electrons. The highest BCUT2D eigenvalue weighted by Gasteiger charge is 2.49. The lowest BCUT2D eigenvalue weighted by Crippen LogP contribution is -2.64. The number of unbranched alkanes of at least 4 members (excludes halogenated alkanes) is 1. The number of carbonyl (C=O) groups excluding carboxylic acids is 2. The number of ether oxygens (including phenoxy) is 5. The summed E-state index contributed by atoms with van der Waals surface area (Å²) in [6.45, 7) is 1.14. The van der Waals surface area contributed by atoms with Gasteiger partial charge in [0, 0.05) is 40.2 Å². The van der Waals surface area contributed by atoms with Crippen molar-refractivity contribution in [3.05, 3.63) is 35.9 Å². The molecular weight excluding hydrogens is 677 g/mol. The minimum atomic E-state index is -4.44. The Balaban J connectivity index is 1.47. The number of benzene rings is 1. The number of amides is 1. The third-order valence-corrected chi connectivity index (χ3v) is 9.05. The van der Waals surface area contributed by atoms with E-state index in [0.717, 1.165) is 12.7 Å². The molecule has 1 saturated carbocycles. The normalized spacial score (nSPS) is 29.8. The van der Waals surface area contributed by atoms with Crippen LogP contribution in [-0.2, 0) is 48.7 Å². The van der Waals surface area contributed by atoms with Crippen molar-refractivity contribution in [2.45, 2.75) is 81.7 Å². The summed E-state index contributed by atoms with van der Waals surface area (Å²) in [5.74, 6) is -1.03. The molecule has 17 nitrogen and oxygen atoms in total. The van der Waals surface area contributed by atoms with Gasteiger partial charge in [-0.2, -0.15) is 0 Å². The van der Waals surface area contributed by atoms with Gasteiger partial charge in [0.05, 0.1) is 12.6 Å². The molecule has 0 aromatic heterocycles. The van der Waals surface area contributed by atoms with E-state index in [9.17, 15) is 34.4 Å². The van der Waals surface area contributed by atoms with Crippen molar-refractivity contribution in [3.63, 3.8) is 0 Å². The summed E-state index contributed by atoms with van der Waals surface area (Å²) in [7, 11) is -2.00. The van der Waals surface area contributed by atoms with Crippen LogP contribution in [0.1, 0.15) is 31.7 Å². The molecule has 1 saturated heterocycles. The Kier molecular flexibility index (Phi) is 16.3. The van der Waals surface area contributed by atoms with E-state index in [2.05, 4.69) is 20.5 Å². The van der Waals surface area contributed by atoms with Crippen LogP contribution < -0.4 is 16.0 Å². The minimum Gasteiger partial charge on any atom is -0.434 e. The van der Waals surface area contributed by atoms with Crippen LogP contribution in [0.2, 0.25) is 0 Å². The fourth-order valence-corrected chi connectivity index (χ4v) is 6.37. The van der Waals surface area contributed by atoms with Gasteiger partial charge in [0.25, 0.3) is 0 Å². The predicted octanol–water partition coefficient (Wildman–Crippen LogP) is 0.0799. The van der Waals surface area contributed by atoms with Gasteiger partial charge >= 0.3 is 14.0 Å². The average Bonchev–Trinajstić information content (AvgIpc) is 3.38. The molecule has 0 bridgehead atoms. The second kappa shape index (κ2) is 19.6. The second-order valence-corrected chi connectivity index (χ2v) is 13.2. The molecule has 7 N–H and O–H groups in total. The highest BCUT2D eigenvalue weighted by Crippen LogP contribution is 2.48. The first-order valence-electron chi connectivity index (χ1n) is 15.4. The maximum atomic E-state index is 12.3. The average molecular weight is 724 g/mol. The molecule has 1 amide bonds. The minimum absolute atomic E-state index is 0.0140. The van der Waals surface area contributed by atoms with E-state index in [0.29, 0.717) is 25.8 Å². The Morgan fingerprint density at radius 1 is 1.06 bits per heavy atom. The number of phosphoric acid groups is 1. The van der Waals surface area contributed by atoms with E-state index < -0.39 is 81.3 Å². The molecule has 2 aliphatic rings. The molecule has 2 unspecified atom stereocenters. The summed E-state index contributed by atoms with van der Waals surface area (Å²) in [5, 5.41) is 38.9. The van der Waals surface area contributed by atoms with Crippen LogP contribution in [0.4, 0.5) is 4.79 Å². The quantitative estimate of drug-likeness (QED) is 0.0488. The molecule has 1 heterocycles. The molecule has 1 aromatic rings. The van der Waals surface area contributed by atoms with Crippen molar-refractivity contribution in [2.75, 3.05) is 40.6 Å². The molecule has 1 aromatic carbocycles. The fourth-order valence-electron chi connectivity index (χ4n) is 5.43. The SMILES string of the molecule is CO[C@H]1C(OP(=O)(O)OC)[C@@H](COC(=O)OCc2ccccc2)C[C@H]1NC(=S)NCCCCO[C@@H]1O[C@H](CO)[C@H](O)[C@H](O)[C@H]1NC(C)=O. The zero-order valence-corrected chi connectivity index (χ0v) is 28.7. The van der Waals surface area contributed by atoms with E-state index in [-0.39, 0.29) is 24.9 Å². The number of thiocarbonyl (C=S) groups is 1. The number of nitrogens with one attached hydrogen (secondary N) is 3. The summed E-state index contributed by atoms with van der Waals surface area (Å²) in [4.78, 5) is 33.9. The lowest BCUT2D eigenvalue weighted by molar-refractivity contribution is -0.270. The van der Waals surface area contributed by atoms with Gasteiger partial charge in [0.1, 0.15) is 49.8 Å². The number of carbonyl (C=O) groups is 2. The Hall–Kier alpha value is -2.48. The standard InChI is InChI=1S/C29H46N3O14PS/c1-17(34)31-22-24(36)23(35)21(14-33)45-27(22)42-12-8-7-11-30-28(48)32-20-13-19(25(26(20)40-2)46-47(38,39)41-3)16-44-29(37)43-15-18-9-5-4-6-10-18/h4-6,9-10,19-27,33,35-36H,7-8,11-16H2,1-3H3,(H,31,34)(H,38,39)(H2,30,32,48)/t19-,20-,21-,22-,23+,24-,25?,26-,27-/m1/s1. The molecular formula is C29H46N3O14PS. The zero-order valence-electron chi connectivity index (χ0n) is 27.0. The number of methoxy groups -OCH3 is 1. The maximum absolute atomic E-state index is 12.3. The van der Waals surface area contributed by atoms with Gasteiger partial charge < -0.3 is 59.8 Å². The molecule has 19 heteroatoms. The number of phosphoric ester groups is 1. The first kappa shape index (κ1) is 40.0. The van der Waals surface area contributed by atoms with Crippen LogP contribution in [0.3, 0.4) is 0 Å². The molecule has 48 heavy (non-hydrogen) atoms. The number of hydrogen-bond acceptors (Lipinski definition) is 14. The third kappa shape index (κ3) is 12.1. The topological polar surface area (TPSA) is 233 Å². The van der Waals surface area contributed by atoms with E-state index in [4.69, 9.17) is 40.4 Å². The van der Waals surface area contributed by atoms with Crippen molar-refractivity contribution in [1.29, 1.82) is 0 Å². The highest BCUT2D eigenvalue weighted by atomic mass is 32.1. The van der Waals surface area contributed by atoms with Crippen molar-refractivity contribution < 1.29 is 67.1 Å². The molecule has 1 aliphatic carbocycles. The number of aliphatic hydroxyl groups is 3. The van der Waals surface area contributed by atoms with Crippen molar-refractivity contribution >= 4 is 37.2 Å². The fraction of sp³-hybridized carbons (Fsp3) is 0.690. The number of hydrogen-bond donors (Lipinski definition) is 7. The molecule has 3 rings (SSSR count). The summed E-state index contributed by atoms with van der Waals surface area (Å²) < 4.78 is 49.7. The van der Waals surface area contributed by atoms with E-state index in [1.165, 1.54) is 14.0 Å². The van der Waals surface area contributed by atoms with Crippen molar-refractivity contribution in [2.24, 2.45) is 5.92 Å². The van der Waals surface area contributed by atoms with Gasteiger partial charge in [-0.15, -0.1) is 0 Å². The third-order valence-electron chi connectivity index (χ3n) is 7.82. The van der Waals surface area contributed by atoms with Crippen molar-refractivity contribution in [3.8, 4) is 0 Å². The molecule has 0 radical (unpaired) electrons. The molecule has 1 aliphatic heterocycles. The van der Waals surface area contributed by atoms with E-state index >= 15 is 0 Å². The number of aliphatic hydroxyl groups excluding tert-OH is 3. The first-order valence-corrected chi connectivity index (χ1v) is 17.3. The summed E-state index contributed by atoms with van der Waals surface area (Å²) in [5.41, 5.74) is 0.778. The monoisotopic (exact) mass is 723 g/mol. The van der Waals surface area contributed by atoms with Gasteiger partial charge in [-0.05, 0) is 37.0 Å². The lowest BCUT2D eigenvalue weighted by atomic mass is 9.97. The van der Waals surface area contributed by atoms with Gasteiger partial charge in [0.2, 0.25) is 5.91 Å². The Bertz CT molecular complexity index is 1220. The zero-order chi connectivity index (χ0) is 35.3. The van der Waals surface area contributed by atoms with Crippen LogP contribution in [0.25, 0.3) is 0 Å². The van der Waals surface area contributed by atoms with Crippen LogP contribution in [0.5, 0.6) is 0 Å². The van der Waals surface area contributed by atoms with Crippen LogP contribution in [0, 0.1) is 5.92 Å². The lowest BCUT2D eigenvalue weighted by Gasteiger charge is -2.42. The highest BCUT2D eigenvalue weighted by molar-refractivity contribution is 7.80. The van der Waals surface area contributed by atoms with E-state index in [1.54, 1.807) is 12.1 Å².